The predicted molar refractivity (Wildman–Crippen MR) is 73.9 cm³/mol. The van der Waals surface area contributed by atoms with Gasteiger partial charge in [-0.3, -0.25) is 4.90 Å². The number of methoxy groups -OCH3 is 1. The Morgan fingerprint density at radius 1 is 1.11 bits per heavy atom. The van der Waals surface area contributed by atoms with Crippen molar-refractivity contribution in [3.8, 4) is 0 Å². The van der Waals surface area contributed by atoms with E-state index in [0.717, 1.165) is 18.4 Å². The van der Waals surface area contributed by atoms with E-state index in [-0.39, 0.29) is 6.29 Å². The Hall–Kier alpha value is -0.120. The molecule has 3 nitrogen and oxygen atoms in total. The molecule has 4 aliphatic rings. The Labute approximate surface area is 116 Å². The summed E-state index contributed by atoms with van der Waals surface area (Å²) in [6.07, 6.45) is 11.4. The van der Waals surface area contributed by atoms with Gasteiger partial charge < -0.3 is 9.47 Å². The molecule has 0 amide bonds. The van der Waals surface area contributed by atoms with Crippen LogP contribution in [0.4, 0.5) is 0 Å². The minimum Gasteiger partial charge on any atom is -0.356 e. The van der Waals surface area contributed by atoms with Crippen molar-refractivity contribution in [3.05, 3.63) is 0 Å². The third-order valence-corrected chi connectivity index (χ3v) is 6.32. The van der Waals surface area contributed by atoms with Crippen molar-refractivity contribution in [1.82, 2.24) is 4.90 Å². The Bertz CT molecular complexity index is 348. The Balaban J connectivity index is 1.63. The molecule has 1 saturated carbocycles. The summed E-state index contributed by atoms with van der Waals surface area (Å²) in [5.74, 6) is 0.778. The van der Waals surface area contributed by atoms with Gasteiger partial charge in [0.15, 0.2) is 6.29 Å². The fourth-order valence-corrected chi connectivity index (χ4v) is 5.51. The smallest absolute Gasteiger partial charge is 0.157 e. The van der Waals surface area contributed by atoms with E-state index in [1.807, 2.05) is 0 Å². The van der Waals surface area contributed by atoms with Crippen LogP contribution in [-0.2, 0) is 9.47 Å². The van der Waals surface area contributed by atoms with Crippen molar-refractivity contribution in [2.75, 3.05) is 20.2 Å². The first-order chi connectivity index (χ1) is 9.32. The van der Waals surface area contributed by atoms with Crippen LogP contribution in [0.25, 0.3) is 0 Å². The maximum atomic E-state index is 6.40. The number of ether oxygens (including phenoxy) is 2. The fraction of sp³-hybridized carbons (Fsp3) is 1.00. The van der Waals surface area contributed by atoms with Crippen LogP contribution >= 0.6 is 0 Å². The van der Waals surface area contributed by atoms with E-state index >= 15 is 0 Å². The number of hydrogen-bond donors (Lipinski definition) is 0. The van der Waals surface area contributed by atoms with Gasteiger partial charge in [0, 0.05) is 31.0 Å². The highest BCUT2D eigenvalue weighted by Gasteiger charge is 2.57. The number of rotatable bonds is 1. The lowest BCUT2D eigenvalue weighted by molar-refractivity contribution is -0.276. The molecule has 4 rings (SSSR count). The maximum Gasteiger partial charge on any atom is 0.157 e. The number of nitrogens with zero attached hydrogens (tertiary/aromatic N) is 1. The molecule has 0 N–H and O–H groups in total. The molecule has 0 aromatic rings. The van der Waals surface area contributed by atoms with Crippen LogP contribution in [0.1, 0.15) is 51.4 Å². The molecule has 0 unspecified atom stereocenters. The summed E-state index contributed by atoms with van der Waals surface area (Å²) in [6, 6.07) is 0.808. The van der Waals surface area contributed by atoms with Gasteiger partial charge in [-0.1, -0.05) is 12.8 Å². The molecular formula is C16H27NO2. The van der Waals surface area contributed by atoms with Crippen LogP contribution in [0.2, 0.25) is 0 Å². The van der Waals surface area contributed by atoms with E-state index in [2.05, 4.69) is 4.90 Å². The van der Waals surface area contributed by atoms with E-state index in [4.69, 9.17) is 9.47 Å². The van der Waals surface area contributed by atoms with Gasteiger partial charge in [0.05, 0.1) is 6.10 Å². The zero-order chi connectivity index (χ0) is 12.9. The van der Waals surface area contributed by atoms with E-state index in [9.17, 15) is 0 Å². The molecule has 0 radical (unpaired) electrons. The molecule has 19 heavy (non-hydrogen) atoms. The Morgan fingerprint density at radius 3 is 2.95 bits per heavy atom. The van der Waals surface area contributed by atoms with Gasteiger partial charge >= 0.3 is 0 Å². The minimum absolute atomic E-state index is 0.0638. The average molecular weight is 265 g/mol. The molecule has 4 fully saturated rings. The van der Waals surface area contributed by atoms with Crippen molar-refractivity contribution in [2.24, 2.45) is 11.3 Å². The molecule has 1 aliphatic carbocycles. The Morgan fingerprint density at radius 2 is 2.05 bits per heavy atom. The second-order valence-electron chi connectivity index (χ2n) is 7.21. The standard InChI is InChI=1S/C16H27NO2/c1-18-14-7-9-16-8-4-5-12(15(16)19-14)13-6-2-3-10-17(13)11-16/h12-15H,2-11H2,1H3/t12-,13-,14-,15+,16+/m1/s1. The van der Waals surface area contributed by atoms with Gasteiger partial charge in [-0.05, 0) is 45.1 Å². The lowest BCUT2D eigenvalue weighted by Crippen LogP contribution is -2.66. The lowest BCUT2D eigenvalue weighted by Gasteiger charge is -2.62. The van der Waals surface area contributed by atoms with Crippen molar-refractivity contribution >= 4 is 0 Å². The minimum atomic E-state index is 0.0638. The van der Waals surface area contributed by atoms with Gasteiger partial charge in [-0.2, -0.15) is 0 Å². The molecule has 0 aromatic heterocycles. The Kier molecular flexibility index (Phi) is 3.13. The molecule has 5 atom stereocenters. The largest absolute Gasteiger partial charge is 0.356 e. The van der Waals surface area contributed by atoms with Crippen molar-refractivity contribution in [1.29, 1.82) is 0 Å². The summed E-state index contributed by atoms with van der Waals surface area (Å²) in [5, 5.41) is 0. The van der Waals surface area contributed by atoms with Crippen molar-refractivity contribution in [2.45, 2.75) is 69.8 Å². The highest BCUT2D eigenvalue weighted by atomic mass is 16.7. The molecule has 3 heterocycles. The topological polar surface area (TPSA) is 21.7 Å². The third kappa shape index (κ3) is 1.89. The zero-order valence-corrected chi connectivity index (χ0v) is 12.1. The first-order valence-corrected chi connectivity index (χ1v) is 8.25. The maximum absolute atomic E-state index is 6.40. The average Bonchev–Trinajstić information content (AvgIpc) is 2.45. The van der Waals surface area contributed by atoms with Crippen LogP contribution in [0.3, 0.4) is 0 Å². The van der Waals surface area contributed by atoms with Crippen LogP contribution in [0.15, 0.2) is 0 Å². The van der Waals surface area contributed by atoms with Gasteiger partial charge in [0.25, 0.3) is 0 Å². The van der Waals surface area contributed by atoms with E-state index < -0.39 is 0 Å². The SMILES string of the molecule is CO[C@H]1CC[C@@]23CCC[C@H]([C@H]4CCCCN4C2)[C@@H]3O1. The summed E-state index contributed by atoms with van der Waals surface area (Å²) < 4.78 is 11.9. The van der Waals surface area contributed by atoms with E-state index in [0.29, 0.717) is 11.5 Å². The quantitative estimate of drug-likeness (QED) is 0.727. The highest BCUT2D eigenvalue weighted by molar-refractivity contribution is 5.07. The van der Waals surface area contributed by atoms with Crippen LogP contribution < -0.4 is 0 Å². The molecule has 108 valence electrons. The molecule has 0 aromatic carbocycles. The molecular weight excluding hydrogens is 238 g/mol. The molecule has 3 saturated heterocycles. The lowest BCUT2D eigenvalue weighted by atomic mass is 9.58. The molecule has 2 bridgehead atoms. The zero-order valence-electron chi connectivity index (χ0n) is 12.1. The summed E-state index contributed by atoms with van der Waals surface area (Å²) in [6.45, 7) is 2.64. The predicted octanol–water partition coefficient (Wildman–Crippen LogP) is 2.79. The summed E-state index contributed by atoms with van der Waals surface area (Å²) in [7, 11) is 1.80. The van der Waals surface area contributed by atoms with Crippen molar-refractivity contribution < 1.29 is 9.47 Å². The van der Waals surface area contributed by atoms with E-state index in [1.165, 1.54) is 58.0 Å². The first-order valence-electron chi connectivity index (χ1n) is 8.25. The molecule has 3 heteroatoms. The molecule has 3 aliphatic heterocycles. The van der Waals surface area contributed by atoms with Gasteiger partial charge in [0.1, 0.15) is 0 Å². The highest BCUT2D eigenvalue weighted by Crippen LogP contribution is 2.54. The second kappa shape index (κ2) is 4.71. The van der Waals surface area contributed by atoms with Gasteiger partial charge in [0.2, 0.25) is 0 Å². The second-order valence-corrected chi connectivity index (χ2v) is 7.21. The van der Waals surface area contributed by atoms with Crippen LogP contribution in [0.5, 0.6) is 0 Å². The molecule has 0 spiro atoms. The first kappa shape index (κ1) is 12.6. The summed E-state index contributed by atoms with van der Waals surface area (Å²) >= 11 is 0. The van der Waals surface area contributed by atoms with Gasteiger partial charge in [-0.25, -0.2) is 0 Å². The summed E-state index contributed by atoms with van der Waals surface area (Å²) in [4.78, 5) is 2.82. The van der Waals surface area contributed by atoms with Crippen molar-refractivity contribution in [3.63, 3.8) is 0 Å². The number of hydrogen-bond acceptors (Lipinski definition) is 3. The number of fused-ring (bicyclic) bond motifs is 2. The van der Waals surface area contributed by atoms with Gasteiger partial charge in [-0.15, -0.1) is 0 Å². The normalized spacial score (nSPS) is 50.4. The van der Waals surface area contributed by atoms with Crippen LogP contribution in [0, 0.1) is 11.3 Å². The van der Waals surface area contributed by atoms with E-state index in [1.54, 1.807) is 7.11 Å². The monoisotopic (exact) mass is 265 g/mol. The summed E-state index contributed by atoms with van der Waals surface area (Å²) in [5.41, 5.74) is 0.464. The fourth-order valence-electron chi connectivity index (χ4n) is 5.51. The number of piperidine rings is 2. The third-order valence-electron chi connectivity index (χ3n) is 6.32. The van der Waals surface area contributed by atoms with Crippen LogP contribution in [-0.4, -0.2) is 43.5 Å².